The van der Waals surface area contributed by atoms with Crippen LogP contribution in [-0.4, -0.2) is 30.8 Å². The molecule has 4 nitrogen and oxygen atoms in total. The fourth-order valence-corrected chi connectivity index (χ4v) is 3.27. The van der Waals surface area contributed by atoms with Crippen molar-refractivity contribution in [1.29, 1.82) is 0 Å². The van der Waals surface area contributed by atoms with Gasteiger partial charge in [0.15, 0.2) is 0 Å². The molecule has 136 valence electrons. The Morgan fingerprint density at radius 2 is 1.65 bits per heavy atom. The molecule has 0 aliphatic heterocycles. The number of alkyl carbamates (subject to hydrolysis) is 1. The summed E-state index contributed by atoms with van der Waals surface area (Å²) in [6.45, 7) is 14.4. The van der Waals surface area contributed by atoms with Crippen LogP contribution in [0.5, 0.6) is 0 Å². The van der Waals surface area contributed by atoms with Gasteiger partial charge in [-0.25, -0.2) is 4.79 Å². The van der Waals surface area contributed by atoms with Gasteiger partial charge in [0.25, 0.3) is 0 Å². The minimum absolute atomic E-state index is 0.320. The molecule has 1 rings (SSSR count). The van der Waals surface area contributed by atoms with Crippen molar-refractivity contribution in [2.75, 3.05) is 13.1 Å². The minimum Gasteiger partial charge on any atom is -0.444 e. The Morgan fingerprint density at radius 3 is 2.17 bits per heavy atom. The summed E-state index contributed by atoms with van der Waals surface area (Å²) in [6, 6.07) is 0.653. The number of ether oxygens (including phenoxy) is 1. The Labute approximate surface area is 143 Å². The molecule has 0 unspecified atom stereocenters. The molecule has 0 atom stereocenters. The lowest BCUT2D eigenvalue weighted by atomic mass is 9.69. The van der Waals surface area contributed by atoms with Gasteiger partial charge in [0.2, 0.25) is 0 Å². The molecule has 0 heterocycles. The molecule has 23 heavy (non-hydrogen) atoms. The van der Waals surface area contributed by atoms with Gasteiger partial charge < -0.3 is 15.4 Å². The number of hydrogen-bond acceptors (Lipinski definition) is 3. The summed E-state index contributed by atoms with van der Waals surface area (Å²) in [6.07, 6.45) is 7.15. The molecule has 0 bridgehead atoms. The number of carbonyl (C=O) groups excluding carboxylic acids is 1. The molecule has 0 aromatic rings. The van der Waals surface area contributed by atoms with E-state index in [0.29, 0.717) is 18.0 Å². The molecule has 0 aromatic heterocycles. The van der Waals surface area contributed by atoms with Crippen LogP contribution in [0, 0.1) is 11.3 Å². The van der Waals surface area contributed by atoms with Crippen molar-refractivity contribution in [3.8, 4) is 0 Å². The first-order valence-corrected chi connectivity index (χ1v) is 9.34. The zero-order valence-electron chi connectivity index (χ0n) is 16.1. The van der Waals surface area contributed by atoms with Gasteiger partial charge in [0.1, 0.15) is 5.60 Å². The lowest BCUT2D eigenvalue weighted by Crippen LogP contribution is -2.38. The van der Waals surface area contributed by atoms with Crippen molar-refractivity contribution in [1.82, 2.24) is 10.6 Å². The smallest absolute Gasteiger partial charge is 0.407 e. The number of amides is 1. The van der Waals surface area contributed by atoms with Crippen molar-refractivity contribution in [2.24, 2.45) is 11.3 Å². The lowest BCUT2D eigenvalue weighted by molar-refractivity contribution is 0.0527. The molecular weight excluding hydrogens is 288 g/mol. The fourth-order valence-electron chi connectivity index (χ4n) is 3.27. The van der Waals surface area contributed by atoms with Gasteiger partial charge in [0.05, 0.1) is 0 Å². The van der Waals surface area contributed by atoms with Gasteiger partial charge in [-0.15, -0.1) is 0 Å². The van der Waals surface area contributed by atoms with Gasteiger partial charge in [0, 0.05) is 12.6 Å². The van der Waals surface area contributed by atoms with E-state index in [0.717, 1.165) is 18.9 Å². The SMILES string of the molecule is CCC(C)(C)C1CCC(NCCCNC(=O)OC(C)(C)C)CC1. The third kappa shape index (κ3) is 8.05. The molecule has 0 spiro atoms. The van der Waals surface area contributed by atoms with Crippen LogP contribution in [-0.2, 0) is 4.74 Å². The van der Waals surface area contributed by atoms with E-state index >= 15 is 0 Å². The minimum atomic E-state index is -0.423. The molecule has 4 heteroatoms. The lowest BCUT2D eigenvalue weighted by Gasteiger charge is -2.39. The van der Waals surface area contributed by atoms with E-state index in [4.69, 9.17) is 4.74 Å². The van der Waals surface area contributed by atoms with Crippen molar-refractivity contribution in [3.63, 3.8) is 0 Å². The third-order valence-corrected chi connectivity index (χ3v) is 5.20. The molecule has 1 fully saturated rings. The van der Waals surface area contributed by atoms with E-state index < -0.39 is 5.60 Å². The van der Waals surface area contributed by atoms with Gasteiger partial charge >= 0.3 is 6.09 Å². The second kappa shape index (κ2) is 8.91. The van der Waals surface area contributed by atoms with Crippen molar-refractivity contribution in [3.05, 3.63) is 0 Å². The standard InChI is InChI=1S/C19H38N2O2/c1-7-19(5,6)15-9-11-16(12-10-15)20-13-8-14-21-17(22)23-18(2,3)4/h15-16,20H,7-14H2,1-6H3,(H,21,22). The predicted octanol–water partition coefficient (Wildman–Crippen LogP) is 4.49. The summed E-state index contributed by atoms with van der Waals surface area (Å²) in [5.41, 5.74) is 0.0650. The number of carbonyl (C=O) groups is 1. The second-order valence-corrected chi connectivity index (χ2v) is 8.63. The van der Waals surface area contributed by atoms with E-state index in [9.17, 15) is 4.79 Å². The maximum absolute atomic E-state index is 11.5. The molecular formula is C19H38N2O2. The Kier molecular flexibility index (Phi) is 7.85. The van der Waals surface area contributed by atoms with Crippen LogP contribution in [0.1, 0.15) is 80.1 Å². The summed E-state index contributed by atoms with van der Waals surface area (Å²) in [4.78, 5) is 11.5. The van der Waals surface area contributed by atoms with Gasteiger partial charge in [-0.3, -0.25) is 0 Å². The predicted molar refractivity (Wildman–Crippen MR) is 96.7 cm³/mol. The number of nitrogens with one attached hydrogen (secondary N) is 2. The first kappa shape index (κ1) is 20.3. The maximum atomic E-state index is 11.5. The van der Waals surface area contributed by atoms with Crippen LogP contribution in [0.25, 0.3) is 0 Å². The maximum Gasteiger partial charge on any atom is 0.407 e. The van der Waals surface area contributed by atoms with E-state index in [1.807, 2.05) is 20.8 Å². The largest absolute Gasteiger partial charge is 0.444 e. The van der Waals surface area contributed by atoms with Crippen LogP contribution in [0.15, 0.2) is 0 Å². The molecule has 1 aliphatic carbocycles. The topological polar surface area (TPSA) is 50.4 Å². The third-order valence-electron chi connectivity index (χ3n) is 5.20. The van der Waals surface area contributed by atoms with Crippen molar-refractivity contribution >= 4 is 6.09 Å². The summed E-state index contributed by atoms with van der Waals surface area (Å²) < 4.78 is 5.22. The highest BCUT2D eigenvalue weighted by Crippen LogP contribution is 2.40. The zero-order chi connectivity index (χ0) is 17.5. The fraction of sp³-hybridized carbons (Fsp3) is 0.947. The Balaban J connectivity index is 2.09. The Hall–Kier alpha value is -0.770. The summed E-state index contributed by atoms with van der Waals surface area (Å²) >= 11 is 0. The average Bonchev–Trinajstić information content (AvgIpc) is 2.45. The van der Waals surface area contributed by atoms with Crippen LogP contribution in [0.3, 0.4) is 0 Å². The van der Waals surface area contributed by atoms with Crippen LogP contribution >= 0.6 is 0 Å². The Bertz CT molecular complexity index is 353. The second-order valence-electron chi connectivity index (χ2n) is 8.63. The molecule has 2 N–H and O–H groups in total. The van der Waals surface area contributed by atoms with Gasteiger partial charge in [-0.1, -0.05) is 27.2 Å². The highest BCUT2D eigenvalue weighted by Gasteiger charge is 2.31. The number of hydrogen-bond donors (Lipinski definition) is 2. The first-order valence-electron chi connectivity index (χ1n) is 9.34. The summed E-state index contributed by atoms with van der Waals surface area (Å²) in [5.74, 6) is 0.874. The zero-order valence-corrected chi connectivity index (χ0v) is 16.1. The molecule has 0 radical (unpaired) electrons. The van der Waals surface area contributed by atoms with E-state index in [2.05, 4.69) is 31.4 Å². The monoisotopic (exact) mass is 326 g/mol. The normalized spacial score (nSPS) is 22.7. The van der Waals surface area contributed by atoms with Crippen molar-refractivity contribution in [2.45, 2.75) is 91.7 Å². The average molecular weight is 327 g/mol. The summed E-state index contributed by atoms with van der Waals surface area (Å²) in [7, 11) is 0. The molecule has 1 amide bonds. The Morgan fingerprint density at radius 1 is 1.04 bits per heavy atom. The van der Waals surface area contributed by atoms with E-state index in [-0.39, 0.29) is 6.09 Å². The van der Waals surface area contributed by atoms with Crippen LogP contribution in [0.4, 0.5) is 4.79 Å². The van der Waals surface area contributed by atoms with Gasteiger partial charge in [-0.05, 0) is 70.8 Å². The molecule has 0 aromatic carbocycles. The van der Waals surface area contributed by atoms with E-state index in [1.54, 1.807) is 0 Å². The van der Waals surface area contributed by atoms with Crippen LogP contribution in [0.2, 0.25) is 0 Å². The first-order chi connectivity index (χ1) is 10.6. The quantitative estimate of drug-likeness (QED) is 0.678. The highest BCUT2D eigenvalue weighted by molar-refractivity contribution is 5.67. The highest BCUT2D eigenvalue weighted by atomic mass is 16.6. The molecule has 0 saturated heterocycles. The van der Waals surface area contributed by atoms with Crippen molar-refractivity contribution < 1.29 is 9.53 Å². The van der Waals surface area contributed by atoms with E-state index in [1.165, 1.54) is 32.1 Å². The number of rotatable bonds is 7. The molecule has 1 saturated carbocycles. The summed E-state index contributed by atoms with van der Waals surface area (Å²) in [5, 5.41) is 6.45. The van der Waals surface area contributed by atoms with Gasteiger partial charge in [-0.2, -0.15) is 0 Å². The van der Waals surface area contributed by atoms with Crippen LogP contribution < -0.4 is 10.6 Å². The molecule has 1 aliphatic rings.